The van der Waals surface area contributed by atoms with Crippen LogP contribution in [0.15, 0.2) is 36.5 Å². The zero-order chi connectivity index (χ0) is 17.7. The number of carbonyl (C=O) groups is 2. The molecule has 126 valence electrons. The third kappa shape index (κ3) is 4.44. The Morgan fingerprint density at radius 1 is 1.25 bits per heavy atom. The number of pyridine rings is 1. The molecule has 1 atom stereocenters. The highest BCUT2D eigenvalue weighted by atomic mass is 35.5. The van der Waals surface area contributed by atoms with Crippen LogP contribution in [-0.2, 0) is 16.0 Å². The second kappa shape index (κ2) is 8.10. The average Bonchev–Trinajstić information content (AvgIpc) is 2.55. The molecule has 6 nitrogen and oxygen atoms in total. The number of rotatable bonds is 5. The predicted molar refractivity (Wildman–Crippen MR) is 92.3 cm³/mol. The third-order valence-corrected chi connectivity index (χ3v) is 3.85. The minimum absolute atomic E-state index is 0.180. The van der Waals surface area contributed by atoms with Crippen LogP contribution >= 0.6 is 23.2 Å². The fourth-order valence-corrected chi connectivity index (χ4v) is 2.57. The van der Waals surface area contributed by atoms with E-state index in [1.165, 1.54) is 13.3 Å². The molecule has 0 radical (unpaired) electrons. The van der Waals surface area contributed by atoms with Gasteiger partial charge in [-0.2, -0.15) is 0 Å². The van der Waals surface area contributed by atoms with E-state index in [9.17, 15) is 9.59 Å². The van der Waals surface area contributed by atoms with Gasteiger partial charge in [-0.25, -0.2) is 4.98 Å². The van der Waals surface area contributed by atoms with Crippen molar-refractivity contribution in [2.24, 2.45) is 5.73 Å². The number of esters is 1. The number of nitrogens with zero attached hydrogens (tertiary/aromatic N) is 1. The van der Waals surface area contributed by atoms with Crippen LogP contribution < -0.4 is 11.1 Å². The molecule has 2 rings (SSSR count). The lowest BCUT2D eigenvalue weighted by molar-refractivity contribution is -0.142. The number of nitrogens with one attached hydrogen (secondary N) is 1. The van der Waals surface area contributed by atoms with Crippen molar-refractivity contribution < 1.29 is 14.3 Å². The van der Waals surface area contributed by atoms with Crippen molar-refractivity contribution in [3.8, 4) is 0 Å². The molecule has 1 unspecified atom stereocenters. The van der Waals surface area contributed by atoms with E-state index in [4.69, 9.17) is 28.9 Å². The lowest BCUT2D eigenvalue weighted by Gasteiger charge is -2.10. The van der Waals surface area contributed by atoms with Gasteiger partial charge in [-0.05, 0) is 30.2 Å². The van der Waals surface area contributed by atoms with E-state index in [1.54, 1.807) is 30.3 Å². The highest BCUT2D eigenvalue weighted by Crippen LogP contribution is 2.25. The molecule has 8 heteroatoms. The number of carbonyl (C=O) groups excluding carboxylic acids is 2. The van der Waals surface area contributed by atoms with Crippen LogP contribution in [0.2, 0.25) is 10.0 Å². The van der Waals surface area contributed by atoms with Crippen LogP contribution in [0.25, 0.3) is 0 Å². The van der Waals surface area contributed by atoms with E-state index in [0.717, 1.165) is 5.56 Å². The van der Waals surface area contributed by atoms with Crippen molar-refractivity contribution >= 4 is 40.9 Å². The van der Waals surface area contributed by atoms with Crippen LogP contribution in [-0.4, -0.2) is 30.0 Å². The summed E-state index contributed by atoms with van der Waals surface area (Å²) in [4.78, 5) is 27.7. The van der Waals surface area contributed by atoms with Gasteiger partial charge in [-0.15, -0.1) is 0 Å². The number of halogens is 2. The summed E-state index contributed by atoms with van der Waals surface area (Å²) in [5.74, 6) is -0.635. The van der Waals surface area contributed by atoms with Crippen molar-refractivity contribution in [1.29, 1.82) is 0 Å². The molecule has 0 aliphatic heterocycles. The van der Waals surface area contributed by atoms with E-state index in [2.05, 4.69) is 15.0 Å². The van der Waals surface area contributed by atoms with Gasteiger partial charge in [0.2, 0.25) is 0 Å². The average molecular weight is 368 g/mol. The van der Waals surface area contributed by atoms with E-state index in [1.807, 2.05) is 0 Å². The van der Waals surface area contributed by atoms with Gasteiger partial charge in [0.15, 0.2) is 0 Å². The SMILES string of the molecule is COC(=O)C(N)Cc1ccc(NC(=O)c2c(Cl)cccc2Cl)nc1. The molecule has 0 fully saturated rings. The molecule has 1 aromatic carbocycles. The Bertz CT molecular complexity index is 730. The number of ether oxygens (including phenoxy) is 1. The van der Waals surface area contributed by atoms with E-state index in [0.29, 0.717) is 5.82 Å². The molecule has 24 heavy (non-hydrogen) atoms. The Morgan fingerprint density at radius 2 is 1.92 bits per heavy atom. The molecular weight excluding hydrogens is 353 g/mol. The van der Waals surface area contributed by atoms with Gasteiger partial charge < -0.3 is 15.8 Å². The van der Waals surface area contributed by atoms with Crippen LogP contribution in [0.5, 0.6) is 0 Å². The Labute approximate surface area is 148 Å². The van der Waals surface area contributed by atoms with Gasteiger partial charge >= 0.3 is 5.97 Å². The van der Waals surface area contributed by atoms with Crippen LogP contribution in [0.1, 0.15) is 15.9 Å². The molecule has 2 aromatic rings. The largest absolute Gasteiger partial charge is 0.468 e. The zero-order valence-corrected chi connectivity index (χ0v) is 14.3. The molecule has 0 bridgehead atoms. The normalized spacial score (nSPS) is 11.7. The van der Waals surface area contributed by atoms with E-state index in [-0.39, 0.29) is 22.0 Å². The number of anilines is 1. The van der Waals surface area contributed by atoms with E-state index < -0.39 is 17.9 Å². The number of methoxy groups -OCH3 is 1. The molecule has 0 aliphatic rings. The maximum atomic E-state index is 12.2. The number of hydrogen-bond donors (Lipinski definition) is 2. The molecule has 1 amide bonds. The number of benzene rings is 1. The Balaban J connectivity index is 2.06. The Kier molecular flexibility index (Phi) is 6.14. The number of nitrogens with two attached hydrogens (primary N) is 1. The fraction of sp³-hybridized carbons (Fsp3) is 0.188. The molecule has 1 heterocycles. The predicted octanol–water partition coefficient (Wildman–Crippen LogP) is 2.68. The second-order valence-electron chi connectivity index (χ2n) is 4.94. The van der Waals surface area contributed by atoms with Gasteiger partial charge in [0, 0.05) is 6.20 Å². The maximum absolute atomic E-state index is 12.2. The zero-order valence-electron chi connectivity index (χ0n) is 12.8. The quantitative estimate of drug-likeness (QED) is 0.792. The Morgan fingerprint density at radius 3 is 2.46 bits per heavy atom. The number of hydrogen-bond acceptors (Lipinski definition) is 5. The summed E-state index contributed by atoms with van der Waals surface area (Å²) >= 11 is 12.0. The molecule has 1 aromatic heterocycles. The van der Waals surface area contributed by atoms with Gasteiger partial charge in [-0.3, -0.25) is 9.59 Å². The molecule has 3 N–H and O–H groups in total. The monoisotopic (exact) mass is 367 g/mol. The highest BCUT2D eigenvalue weighted by Gasteiger charge is 2.16. The van der Waals surface area contributed by atoms with Gasteiger partial charge in [0.1, 0.15) is 11.9 Å². The third-order valence-electron chi connectivity index (χ3n) is 3.22. The Hall–Kier alpha value is -2.15. The lowest BCUT2D eigenvalue weighted by Crippen LogP contribution is -2.33. The summed E-state index contributed by atoms with van der Waals surface area (Å²) in [7, 11) is 1.28. The molecule has 0 spiro atoms. The molecule has 0 aliphatic carbocycles. The summed E-state index contributed by atoms with van der Waals surface area (Å²) in [5.41, 5.74) is 6.60. The van der Waals surface area contributed by atoms with Crippen molar-refractivity contribution in [1.82, 2.24) is 4.98 Å². The van der Waals surface area contributed by atoms with Gasteiger partial charge in [0.05, 0.1) is 22.7 Å². The number of amides is 1. The lowest BCUT2D eigenvalue weighted by atomic mass is 10.1. The first-order valence-corrected chi connectivity index (χ1v) is 7.71. The summed E-state index contributed by atoms with van der Waals surface area (Å²) < 4.78 is 4.57. The van der Waals surface area contributed by atoms with Gasteiger partial charge in [0.25, 0.3) is 5.91 Å². The topological polar surface area (TPSA) is 94.3 Å². The molecular formula is C16H15Cl2N3O3. The molecule has 0 saturated heterocycles. The van der Waals surface area contributed by atoms with Crippen LogP contribution in [0, 0.1) is 0 Å². The van der Waals surface area contributed by atoms with Gasteiger partial charge in [-0.1, -0.05) is 35.3 Å². The van der Waals surface area contributed by atoms with E-state index >= 15 is 0 Å². The fourth-order valence-electron chi connectivity index (χ4n) is 2.00. The minimum Gasteiger partial charge on any atom is -0.468 e. The van der Waals surface area contributed by atoms with Crippen LogP contribution in [0.4, 0.5) is 5.82 Å². The smallest absolute Gasteiger partial charge is 0.322 e. The first kappa shape index (κ1) is 18.2. The first-order chi connectivity index (χ1) is 11.4. The summed E-state index contributed by atoms with van der Waals surface area (Å²) in [6, 6.07) is 7.35. The first-order valence-electron chi connectivity index (χ1n) is 6.96. The van der Waals surface area contributed by atoms with Crippen molar-refractivity contribution in [3.63, 3.8) is 0 Å². The van der Waals surface area contributed by atoms with Crippen molar-refractivity contribution in [3.05, 3.63) is 57.7 Å². The second-order valence-corrected chi connectivity index (χ2v) is 5.75. The highest BCUT2D eigenvalue weighted by molar-refractivity contribution is 6.40. The van der Waals surface area contributed by atoms with Crippen molar-refractivity contribution in [2.75, 3.05) is 12.4 Å². The van der Waals surface area contributed by atoms with Crippen molar-refractivity contribution in [2.45, 2.75) is 12.5 Å². The summed E-state index contributed by atoms with van der Waals surface area (Å²) in [6.07, 6.45) is 1.80. The minimum atomic E-state index is -0.765. The standard InChI is InChI=1S/C16H15Cl2N3O3/c1-24-16(23)12(19)7-9-5-6-13(20-8-9)21-15(22)14-10(17)3-2-4-11(14)18/h2-6,8,12H,7,19H2,1H3,(H,20,21,22). The maximum Gasteiger partial charge on any atom is 0.322 e. The molecule has 0 saturated carbocycles. The summed E-state index contributed by atoms with van der Waals surface area (Å²) in [6.45, 7) is 0. The summed E-state index contributed by atoms with van der Waals surface area (Å²) in [5, 5.41) is 3.11. The number of aromatic nitrogens is 1. The van der Waals surface area contributed by atoms with Crippen LogP contribution in [0.3, 0.4) is 0 Å².